The van der Waals surface area contributed by atoms with Crippen LogP contribution in [0, 0.1) is 12.8 Å². The molecule has 0 nitrogen and oxygen atoms in total. The van der Waals surface area contributed by atoms with Crippen LogP contribution in [0.3, 0.4) is 0 Å². The lowest BCUT2D eigenvalue weighted by molar-refractivity contribution is 0.368. The van der Waals surface area contributed by atoms with Gasteiger partial charge >= 0.3 is 0 Å². The molecule has 199 valence electrons. The summed E-state index contributed by atoms with van der Waals surface area (Å²) in [5, 5.41) is 0. The summed E-state index contributed by atoms with van der Waals surface area (Å²) in [4.78, 5) is 0. The summed E-state index contributed by atoms with van der Waals surface area (Å²) >= 11 is 0. The summed E-state index contributed by atoms with van der Waals surface area (Å²) in [5.74, 6) is 1.01. The molecule has 0 bridgehead atoms. The Kier molecular flexibility index (Phi) is 30.0. The summed E-state index contributed by atoms with van der Waals surface area (Å²) in [6, 6.07) is 0. The Labute approximate surface area is 212 Å². The van der Waals surface area contributed by atoms with Crippen LogP contribution >= 0.6 is 0 Å². The Balaban J connectivity index is 3.57. The molecule has 0 spiro atoms. The highest BCUT2D eigenvalue weighted by Gasteiger charge is 2.08. The smallest absolute Gasteiger partial charge is 0.0414 e. The van der Waals surface area contributed by atoms with Crippen LogP contribution in [0.1, 0.15) is 200 Å². The minimum absolute atomic E-state index is 1.01. The molecule has 0 N–H and O–H groups in total. The van der Waals surface area contributed by atoms with E-state index in [-0.39, 0.29) is 0 Å². The fourth-order valence-corrected chi connectivity index (χ4v) is 5.41. The van der Waals surface area contributed by atoms with Crippen LogP contribution in [0.4, 0.5) is 0 Å². The van der Waals surface area contributed by atoms with Crippen molar-refractivity contribution in [3.05, 3.63) is 6.92 Å². The summed E-state index contributed by atoms with van der Waals surface area (Å²) in [6.45, 7) is 8.67. The molecular weight excluding hydrogens is 396 g/mol. The molecule has 0 heterocycles. The van der Waals surface area contributed by atoms with E-state index in [1.807, 2.05) is 0 Å². The first-order chi connectivity index (χ1) is 16.3. The lowest BCUT2D eigenvalue weighted by Crippen LogP contribution is -2.01. The van der Waals surface area contributed by atoms with Crippen LogP contribution in [0.5, 0.6) is 0 Å². The van der Waals surface area contributed by atoms with Gasteiger partial charge in [0.05, 0.1) is 0 Å². The molecule has 0 fully saturated rings. The van der Waals surface area contributed by atoms with Gasteiger partial charge < -0.3 is 0 Å². The molecule has 0 aromatic rings. The first kappa shape index (κ1) is 33.0. The average molecular weight is 464 g/mol. The number of hydrogen-bond acceptors (Lipinski definition) is 0. The van der Waals surface area contributed by atoms with Crippen molar-refractivity contribution in [3.8, 4) is 0 Å². The predicted molar refractivity (Wildman–Crippen MR) is 154 cm³/mol. The van der Waals surface area contributed by atoms with Gasteiger partial charge in [-0.3, -0.25) is 0 Å². The first-order valence-electron chi connectivity index (χ1n) is 16.1. The van der Waals surface area contributed by atoms with Crippen molar-refractivity contribution in [2.24, 2.45) is 5.92 Å². The van der Waals surface area contributed by atoms with E-state index in [9.17, 15) is 0 Å². The van der Waals surface area contributed by atoms with Crippen LogP contribution < -0.4 is 0 Å². The molecule has 0 aromatic heterocycles. The highest BCUT2D eigenvalue weighted by Crippen LogP contribution is 2.24. The van der Waals surface area contributed by atoms with E-state index in [1.165, 1.54) is 180 Å². The Hall–Kier alpha value is 0. The van der Waals surface area contributed by atoms with Gasteiger partial charge in [-0.25, -0.2) is 0 Å². The van der Waals surface area contributed by atoms with Crippen molar-refractivity contribution < 1.29 is 0 Å². The normalized spacial score (nSPS) is 12.5. The van der Waals surface area contributed by atoms with Gasteiger partial charge in [0.2, 0.25) is 0 Å². The Morgan fingerprint density at radius 2 is 0.576 bits per heavy atom. The van der Waals surface area contributed by atoms with Crippen molar-refractivity contribution in [1.82, 2.24) is 0 Å². The lowest BCUT2D eigenvalue weighted by Gasteiger charge is -2.17. The molecule has 0 saturated heterocycles. The third-order valence-corrected chi connectivity index (χ3v) is 7.79. The molecule has 1 radical (unpaired) electrons. The highest BCUT2D eigenvalue weighted by molar-refractivity contribution is 4.62. The standard InChI is InChI=1S/C33H67/c1-4-7-10-12-14-16-18-19-20-22-24-26-29-32-33(30-27-9-6-3)31-28-25-23-21-17-15-13-11-8-5-2/h33H,3-32H2,1-2H3. The molecule has 0 aromatic carbocycles. The zero-order chi connectivity index (χ0) is 24.1. The quantitative estimate of drug-likeness (QED) is 0.0967. The molecule has 0 aliphatic heterocycles. The van der Waals surface area contributed by atoms with Gasteiger partial charge in [0.1, 0.15) is 0 Å². The second kappa shape index (κ2) is 30.0. The largest absolute Gasteiger partial charge is 0.0654 e. The van der Waals surface area contributed by atoms with E-state index in [0.717, 1.165) is 12.3 Å². The number of rotatable bonds is 29. The Bertz CT molecular complexity index is 320. The Morgan fingerprint density at radius 1 is 0.333 bits per heavy atom. The molecule has 0 rings (SSSR count). The van der Waals surface area contributed by atoms with Gasteiger partial charge in [-0.1, -0.05) is 207 Å². The zero-order valence-electron chi connectivity index (χ0n) is 23.8. The molecule has 0 saturated carbocycles. The van der Waals surface area contributed by atoms with Crippen molar-refractivity contribution in [2.75, 3.05) is 0 Å². The molecular formula is C33H67. The second-order valence-electron chi connectivity index (χ2n) is 11.2. The average Bonchev–Trinajstić information content (AvgIpc) is 2.82. The Morgan fingerprint density at radius 3 is 0.848 bits per heavy atom. The van der Waals surface area contributed by atoms with Crippen LogP contribution in [0.25, 0.3) is 0 Å². The highest BCUT2D eigenvalue weighted by atomic mass is 14.1. The lowest BCUT2D eigenvalue weighted by atomic mass is 9.89. The maximum absolute atomic E-state index is 4.05. The third kappa shape index (κ3) is 28.1. The van der Waals surface area contributed by atoms with E-state index in [4.69, 9.17) is 0 Å². The fourth-order valence-electron chi connectivity index (χ4n) is 5.41. The monoisotopic (exact) mass is 464 g/mol. The number of unbranched alkanes of at least 4 members (excludes halogenated alkanes) is 23. The van der Waals surface area contributed by atoms with Gasteiger partial charge in [-0.05, 0) is 5.92 Å². The third-order valence-electron chi connectivity index (χ3n) is 7.79. The van der Waals surface area contributed by atoms with Crippen LogP contribution in [-0.4, -0.2) is 0 Å². The van der Waals surface area contributed by atoms with Gasteiger partial charge in [0, 0.05) is 0 Å². The minimum atomic E-state index is 1.01. The zero-order valence-corrected chi connectivity index (χ0v) is 23.8. The van der Waals surface area contributed by atoms with E-state index in [0.29, 0.717) is 0 Å². The topological polar surface area (TPSA) is 0 Å². The maximum Gasteiger partial charge on any atom is -0.0414 e. The predicted octanol–water partition coefficient (Wildman–Crippen LogP) is 12.8. The summed E-state index contributed by atoms with van der Waals surface area (Å²) < 4.78 is 0. The fraction of sp³-hybridized carbons (Fsp3) is 0.970. The van der Waals surface area contributed by atoms with Crippen molar-refractivity contribution in [1.29, 1.82) is 0 Å². The van der Waals surface area contributed by atoms with Gasteiger partial charge in [-0.2, -0.15) is 0 Å². The summed E-state index contributed by atoms with van der Waals surface area (Å²) in [6.07, 6.45) is 42.2. The van der Waals surface area contributed by atoms with E-state index in [1.54, 1.807) is 0 Å². The van der Waals surface area contributed by atoms with E-state index < -0.39 is 0 Å². The van der Waals surface area contributed by atoms with Crippen LogP contribution in [0.2, 0.25) is 0 Å². The molecule has 0 heteroatoms. The van der Waals surface area contributed by atoms with Gasteiger partial charge in [0.25, 0.3) is 0 Å². The molecule has 0 aliphatic rings. The second-order valence-corrected chi connectivity index (χ2v) is 11.2. The summed E-state index contributed by atoms with van der Waals surface area (Å²) in [5.41, 5.74) is 0. The van der Waals surface area contributed by atoms with E-state index >= 15 is 0 Å². The van der Waals surface area contributed by atoms with Crippen molar-refractivity contribution in [2.45, 2.75) is 200 Å². The van der Waals surface area contributed by atoms with Gasteiger partial charge in [0.15, 0.2) is 0 Å². The molecule has 33 heavy (non-hydrogen) atoms. The molecule has 0 amide bonds. The SMILES string of the molecule is [CH2]CCCCC(CCCCCCCCCCCC)CCCCCCCCCCCCCCC. The van der Waals surface area contributed by atoms with Crippen molar-refractivity contribution in [3.63, 3.8) is 0 Å². The van der Waals surface area contributed by atoms with Crippen LogP contribution in [-0.2, 0) is 0 Å². The molecule has 1 unspecified atom stereocenters. The maximum atomic E-state index is 4.05. The number of hydrogen-bond donors (Lipinski definition) is 0. The van der Waals surface area contributed by atoms with E-state index in [2.05, 4.69) is 20.8 Å². The summed E-state index contributed by atoms with van der Waals surface area (Å²) in [7, 11) is 0. The molecule has 1 atom stereocenters. The van der Waals surface area contributed by atoms with Crippen LogP contribution in [0.15, 0.2) is 0 Å². The van der Waals surface area contributed by atoms with Crippen molar-refractivity contribution >= 4 is 0 Å². The molecule has 0 aliphatic carbocycles. The first-order valence-corrected chi connectivity index (χ1v) is 16.1. The minimum Gasteiger partial charge on any atom is -0.0654 e. The van der Waals surface area contributed by atoms with Gasteiger partial charge in [-0.15, -0.1) is 0 Å².